The fourth-order valence-electron chi connectivity index (χ4n) is 2.47. The lowest BCUT2D eigenvalue weighted by atomic mass is 10.1. The number of rotatable bonds is 5. The van der Waals surface area contributed by atoms with Gasteiger partial charge in [0, 0.05) is 11.8 Å². The molecule has 1 aliphatic rings. The summed E-state index contributed by atoms with van der Waals surface area (Å²) in [4.78, 5) is 24.3. The highest BCUT2D eigenvalue weighted by atomic mass is 32.2. The van der Waals surface area contributed by atoms with Crippen LogP contribution in [0.5, 0.6) is 11.5 Å². The zero-order chi connectivity index (χ0) is 18.7. The molecule has 2 aromatic rings. The molecule has 0 saturated carbocycles. The molecule has 0 atom stereocenters. The minimum Gasteiger partial charge on any atom is -0.486 e. The van der Waals surface area contributed by atoms with Gasteiger partial charge in [-0.2, -0.15) is 0 Å². The average Bonchev–Trinajstić information content (AvgIpc) is 2.64. The standard InChI is InChI=1S/C18H16O7S/c1-26(21,22)17-5-3-2-4-13(17)18(20)25-11-14(19)12-6-7-15-16(10-12)24-9-8-23-15/h2-7,10H,8-9,11H2,1H3. The van der Waals surface area contributed by atoms with E-state index in [1.807, 2.05) is 0 Å². The first kappa shape index (κ1) is 17.9. The van der Waals surface area contributed by atoms with E-state index in [0.717, 1.165) is 6.26 Å². The summed E-state index contributed by atoms with van der Waals surface area (Å²) in [6.07, 6.45) is 0.999. The summed E-state index contributed by atoms with van der Waals surface area (Å²) in [6.45, 7) is 0.316. The van der Waals surface area contributed by atoms with Gasteiger partial charge in [0.25, 0.3) is 0 Å². The van der Waals surface area contributed by atoms with Crippen LogP contribution in [0.4, 0.5) is 0 Å². The van der Waals surface area contributed by atoms with Crippen molar-refractivity contribution in [3.05, 3.63) is 53.6 Å². The Bertz CT molecular complexity index is 963. The van der Waals surface area contributed by atoms with E-state index in [9.17, 15) is 18.0 Å². The number of Topliss-reactive ketones (excluding diaryl/α,β-unsaturated/α-hetero) is 1. The van der Waals surface area contributed by atoms with E-state index in [-0.39, 0.29) is 10.5 Å². The molecule has 7 nitrogen and oxygen atoms in total. The molecule has 0 unspecified atom stereocenters. The lowest BCUT2D eigenvalue weighted by molar-refractivity contribution is 0.0471. The molecule has 0 aromatic heterocycles. The molecule has 0 bridgehead atoms. The molecule has 136 valence electrons. The van der Waals surface area contributed by atoms with Gasteiger partial charge in [0.05, 0.1) is 10.5 Å². The first-order chi connectivity index (χ1) is 12.4. The van der Waals surface area contributed by atoms with Gasteiger partial charge in [0.1, 0.15) is 13.2 Å². The monoisotopic (exact) mass is 376 g/mol. The van der Waals surface area contributed by atoms with Crippen molar-refractivity contribution in [2.24, 2.45) is 0 Å². The van der Waals surface area contributed by atoms with Crippen LogP contribution >= 0.6 is 0 Å². The molecule has 2 aromatic carbocycles. The van der Waals surface area contributed by atoms with E-state index in [2.05, 4.69) is 0 Å². The molecule has 0 aliphatic carbocycles. The van der Waals surface area contributed by atoms with Gasteiger partial charge in [-0.25, -0.2) is 13.2 Å². The van der Waals surface area contributed by atoms with Crippen molar-refractivity contribution in [1.29, 1.82) is 0 Å². The van der Waals surface area contributed by atoms with E-state index < -0.39 is 28.2 Å². The largest absolute Gasteiger partial charge is 0.486 e. The minimum atomic E-state index is -3.60. The van der Waals surface area contributed by atoms with Crippen molar-refractivity contribution in [3.63, 3.8) is 0 Å². The van der Waals surface area contributed by atoms with Gasteiger partial charge < -0.3 is 14.2 Å². The van der Waals surface area contributed by atoms with Gasteiger partial charge >= 0.3 is 5.97 Å². The van der Waals surface area contributed by atoms with Crippen molar-refractivity contribution in [1.82, 2.24) is 0 Å². The third kappa shape index (κ3) is 3.85. The Morgan fingerprint density at radius 3 is 2.46 bits per heavy atom. The summed E-state index contributed by atoms with van der Waals surface area (Å²) >= 11 is 0. The third-order valence-electron chi connectivity index (χ3n) is 3.70. The summed E-state index contributed by atoms with van der Waals surface area (Å²) in [5.41, 5.74) is 0.198. The number of sulfone groups is 1. The molecule has 0 amide bonds. The van der Waals surface area contributed by atoms with E-state index in [4.69, 9.17) is 14.2 Å². The Labute approximate surface area is 150 Å². The van der Waals surface area contributed by atoms with Crippen LogP contribution in [-0.4, -0.2) is 46.2 Å². The minimum absolute atomic E-state index is 0.107. The van der Waals surface area contributed by atoms with Crippen LogP contribution in [0, 0.1) is 0 Å². The Morgan fingerprint density at radius 1 is 1.04 bits per heavy atom. The second-order valence-corrected chi connectivity index (χ2v) is 7.61. The molecule has 26 heavy (non-hydrogen) atoms. The first-order valence-corrected chi connectivity index (χ1v) is 9.64. The van der Waals surface area contributed by atoms with Crippen LogP contribution in [0.3, 0.4) is 0 Å². The number of carbonyl (C=O) groups excluding carboxylic acids is 2. The molecule has 8 heteroatoms. The first-order valence-electron chi connectivity index (χ1n) is 7.75. The van der Waals surface area contributed by atoms with Crippen LogP contribution in [-0.2, 0) is 14.6 Å². The molecular formula is C18H16O7S. The quantitative estimate of drug-likeness (QED) is 0.581. The lowest BCUT2D eigenvalue weighted by Crippen LogP contribution is -2.18. The molecule has 1 aliphatic heterocycles. The number of carbonyl (C=O) groups is 2. The van der Waals surface area contributed by atoms with Crippen LogP contribution < -0.4 is 9.47 Å². The summed E-state index contributed by atoms with van der Waals surface area (Å²) in [7, 11) is -3.60. The van der Waals surface area contributed by atoms with Crippen molar-refractivity contribution in [2.45, 2.75) is 4.90 Å². The third-order valence-corrected chi connectivity index (χ3v) is 4.86. The lowest BCUT2D eigenvalue weighted by Gasteiger charge is -2.18. The molecule has 0 fully saturated rings. The highest BCUT2D eigenvalue weighted by Gasteiger charge is 2.21. The van der Waals surface area contributed by atoms with Gasteiger partial charge in [-0.15, -0.1) is 0 Å². The predicted molar refractivity (Wildman–Crippen MR) is 91.6 cm³/mol. The molecule has 1 heterocycles. The fraction of sp³-hybridized carbons (Fsp3) is 0.222. The summed E-state index contributed by atoms with van der Waals surface area (Å²) in [6, 6.07) is 10.4. The second-order valence-electron chi connectivity index (χ2n) is 5.63. The number of benzene rings is 2. The van der Waals surface area contributed by atoms with Crippen molar-refractivity contribution < 1.29 is 32.2 Å². The Morgan fingerprint density at radius 2 is 1.73 bits per heavy atom. The second kappa shape index (κ2) is 7.17. The topological polar surface area (TPSA) is 96.0 Å². The normalized spacial score (nSPS) is 13.1. The molecule has 3 rings (SSSR count). The van der Waals surface area contributed by atoms with Crippen LogP contribution in [0.15, 0.2) is 47.4 Å². The van der Waals surface area contributed by atoms with Gasteiger partial charge in [-0.1, -0.05) is 12.1 Å². The molecular weight excluding hydrogens is 360 g/mol. The maximum Gasteiger partial charge on any atom is 0.339 e. The van der Waals surface area contributed by atoms with E-state index in [1.54, 1.807) is 12.1 Å². The number of hydrogen-bond donors (Lipinski definition) is 0. The zero-order valence-electron chi connectivity index (χ0n) is 13.9. The average molecular weight is 376 g/mol. The highest BCUT2D eigenvalue weighted by Crippen LogP contribution is 2.30. The maximum absolute atomic E-state index is 12.3. The number of esters is 1. The fourth-order valence-corrected chi connectivity index (χ4v) is 3.34. The summed E-state index contributed by atoms with van der Waals surface area (Å²) in [5, 5.41) is 0. The maximum atomic E-state index is 12.3. The van der Waals surface area contributed by atoms with Gasteiger partial charge in [-0.05, 0) is 30.3 Å². The molecule has 0 saturated heterocycles. The predicted octanol–water partition coefficient (Wildman–Crippen LogP) is 1.90. The van der Waals surface area contributed by atoms with Crippen molar-refractivity contribution in [2.75, 3.05) is 26.1 Å². The van der Waals surface area contributed by atoms with E-state index in [0.29, 0.717) is 30.3 Å². The van der Waals surface area contributed by atoms with Crippen LogP contribution in [0.2, 0.25) is 0 Å². The molecule has 0 radical (unpaired) electrons. The van der Waals surface area contributed by atoms with Gasteiger partial charge in [-0.3, -0.25) is 4.79 Å². The van der Waals surface area contributed by atoms with Crippen molar-refractivity contribution >= 4 is 21.6 Å². The zero-order valence-corrected chi connectivity index (χ0v) is 14.7. The molecule has 0 N–H and O–H groups in total. The van der Waals surface area contributed by atoms with Gasteiger partial charge in [0.15, 0.2) is 33.7 Å². The van der Waals surface area contributed by atoms with Crippen LogP contribution in [0.1, 0.15) is 20.7 Å². The van der Waals surface area contributed by atoms with E-state index in [1.165, 1.54) is 30.3 Å². The SMILES string of the molecule is CS(=O)(=O)c1ccccc1C(=O)OCC(=O)c1ccc2c(c1)OCCO2. The number of hydrogen-bond acceptors (Lipinski definition) is 7. The Hall–Kier alpha value is -2.87. The van der Waals surface area contributed by atoms with Crippen molar-refractivity contribution in [3.8, 4) is 11.5 Å². The number of fused-ring (bicyclic) bond motifs is 1. The van der Waals surface area contributed by atoms with Gasteiger partial charge in [0.2, 0.25) is 0 Å². The smallest absolute Gasteiger partial charge is 0.339 e. The van der Waals surface area contributed by atoms with E-state index >= 15 is 0 Å². The highest BCUT2D eigenvalue weighted by molar-refractivity contribution is 7.90. The number of ketones is 1. The number of ether oxygens (including phenoxy) is 3. The Balaban J connectivity index is 1.71. The molecule has 0 spiro atoms. The summed E-state index contributed by atoms with van der Waals surface area (Å²) < 4.78 is 39.3. The summed E-state index contributed by atoms with van der Waals surface area (Å²) in [5.74, 6) is -0.313. The Kier molecular flexibility index (Phi) is 4.94. The van der Waals surface area contributed by atoms with Crippen LogP contribution in [0.25, 0.3) is 0 Å².